The van der Waals surface area contributed by atoms with Crippen LogP contribution in [-0.4, -0.2) is 31.7 Å². The van der Waals surface area contributed by atoms with E-state index >= 15 is 0 Å². The largest absolute Gasteiger partial charge is 0.454 e. The van der Waals surface area contributed by atoms with Crippen molar-refractivity contribution in [1.29, 1.82) is 0 Å². The molecule has 7 heteroatoms. The van der Waals surface area contributed by atoms with Crippen molar-refractivity contribution in [3.63, 3.8) is 0 Å². The zero-order chi connectivity index (χ0) is 20.8. The van der Waals surface area contributed by atoms with Gasteiger partial charge in [0.05, 0.1) is 6.54 Å². The highest BCUT2D eigenvalue weighted by Gasteiger charge is 2.19. The maximum atomic E-state index is 12.1. The Hall–Kier alpha value is -3.22. The van der Waals surface area contributed by atoms with E-state index in [2.05, 4.69) is 27.8 Å². The molecule has 7 nitrogen and oxygen atoms in total. The van der Waals surface area contributed by atoms with E-state index in [1.54, 1.807) is 0 Å². The monoisotopic (exact) mass is 408 g/mol. The van der Waals surface area contributed by atoms with Gasteiger partial charge in [0.25, 0.3) is 0 Å². The number of piperidine rings is 1. The molecule has 30 heavy (non-hydrogen) atoms. The first-order valence-corrected chi connectivity index (χ1v) is 10.5. The number of aliphatic imine (C=N–C) groups is 1. The Labute approximate surface area is 177 Å². The Morgan fingerprint density at radius 1 is 1.03 bits per heavy atom. The van der Waals surface area contributed by atoms with Gasteiger partial charge in [0.1, 0.15) is 0 Å². The third-order valence-corrected chi connectivity index (χ3v) is 5.23. The van der Waals surface area contributed by atoms with Crippen molar-refractivity contribution >= 4 is 17.6 Å². The molecule has 2 aliphatic heterocycles. The number of hydrogen-bond donors (Lipinski definition) is 2. The Morgan fingerprint density at radius 2 is 1.83 bits per heavy atom. The molecule has 1 amide bonds. The van der Waals surface area contributed by atoms with Gasteiger partial charge >= 0.3 is 0 Å². The van der Waals surface area contributed by atoms with Gasteiger partial charge in [0, 0.05) is 31.7 Å². The molecule has 1 fully saturated rings. The van der Waals surface area contributed by atoms with Crippen molar-refractivity contribution in [1.82, 2.24) is 10.6 Å². The van der Waals surface area contributed by atoms with Crippen molar-refractivity contribution in [2.24, 2.45) is 4.99 Å². The Morgan fingerprint density at radius 3 is 2.63 bits per heavy atom. The number of nitrogens with zero attached hydrogens (tertiary/aromatic N) is 2. The van der Waals surface area contributed by atoms with Gasteiger partial charge in [-0.2, -0.15) is 0 Å². The van der Waals surface area contributed by atoms with Crippen LogP contribution in [-0.2, 0) is 17.9 Å². The lowest BCUT2D eigenvalue weighted by atomic mass is 10.1. The SMILES string of the molecule is CCNC(=NCc1ccc2c(c1)OCO2)NCc1ccc(N2CCCCC2=O)cc1. The van der Waals surface area contributed by atoms with E-state index in [1.165, 1.54) is 0 Å². The predicted molar refractivity (Wildman–Crippen MR) is 117 cm³/mol. The lowest BCUT2D eigenvalue weighted by Crippen LogP contribution is -2.37. The first kappa shape index (κ1) is 20.1. The van der Waals surface area contributed by atoms with E-state index in [1.807, 2.05) is 42.2 Å². The number of ether oxygens (including phenoxy) is 2. The molecule has 0 unspecified atom stereocenters. The average molecular weight is 409 g/mol. The normalized spacial score (nSPS) is 16.0. The number of rotatable bonds is 6. The zero-order valence-corrected chi connectivity index (χ0v) is 17.3. The van der Waals surface area contributed by atoms with Crippen LogP contribution in [0.3, 0.4) is 0 Å². The van der Waals surface area contributed by atoms with Crippen LogP contribution in [0, 0.1) is 0 Å². The molecule has 2 aliphatic rings. The minimum Gasteiger partial charge on any atom is -0.454 e. The van der Waals surface area contributed by atoms with Gasteiger partial charge in [-0.25, -0.2) is 4.99 Å². The van der Waals surface area contributed by atoms with E-state index in [9.17, 15) is 4.79 Å². The number of guanidine groups is 1. The number of benzene rings is 2. The summed E-state index contributed by atoms with van der Waals surface area (Å²) in [6.45, 7) is 5.11. The second-order valence-corrected chi connectivity index (χ2v) is 7.41. The highest BCUT2D eigenvalue weighted by atomic mass is 16.7. The molecule has 0 saturated carbocycles. The van der Waals surface area contributed by atoms with Crippen LogP contribution in [0.15, 0.2) is 47.5 Å². The van der Waals surface area contributed by atoms with Crippen LogP contribution in [0.1, 0.15) is 37.3 Å². The Kier molecular flexibility index (Phi) is 6.37. The summed E-state index contributed by atoms with van der Waals surface area (Å²) in [6, 6.07) is 14.1. The molecule has 1 saturated heterocycles. The highest BCUT2D eigenvalue weighted by molar-refractivity contribution is 5.93. The number of hydrogen-bond acceptors (Lipinski definition) is 4. The summed E-state index contributed by atoms with van der Waals surface area (Å²) in [5, 5.41) is 6.64. The smallest absolute Gasteiger partial charge is 0.231 e. The predicted octanol–water partition coefficient (Wildman–Crippen LogP) is 3.19. The number of carbonyl (C=O) groups is 1. The summed E-state index contributed by atoms with van der Waals surface area (Å²) in [5.74, 6) is 2.53. The van der Waals surface area contributed by atoms with Gasteiger partial charge in [0.15, 0.2) is 17.5 Å². The van der Waals surface area contributed by atoms with Crippen LogP contribution < -0.4 is 25.0 Å². The van der Waals surface area contributed by atoms with Crippen molar-refractivity contribution in [2.75, 3.05) is 24.8 Å². The molecule has 2 aromatic carbocycles. The molecule has 2 aromatic rings. The van der Waals surface area contributed by atoms with E-state index in [0.717, 1.165) is 60.2 Å². The molecular weight excluding hydrogens is 380 g/mol. The maximum Gasteiger partial charge on any atom is 0.231 e. The van der Waals surface area contributed by atoms with Gasteiger partial charge in [0.2, 0.25) is 12.7 Å². The summed E-state index contributed by atoms with van der Waals surface area (Å²) in [4.78, 5) is 18.6. The van der Waals surface area contributed by atoms with Gasteiger partial charge in [-0.3, -0.25) is 4.79 Å². The fraction of sp³-hybridized carbons (Fsp3) is 0.391. The Balaban J connectivity index is 1.35. The molecule has 2 heterocycles. The number of anilines is 1. The molecule has 0 atom stereocenters. The lowest BCUT2D eigenvalue weighted by Gasteiger charge is -2.26. The second kappa shape index (κ2) is 9.52. The van der Waals surface area contributed by atoms with Crippen molar-refractivity contribution in [3.05, 3.63) is 53.6 Å². The molecule has 0 spiro atoms. The average Bonchev–Trinajstić information content (AvgIpc) is 3.24. The summed E-state index contributed by atoms with van der Waals surface area (Å²) >= 11 is 0. The quantitative estimate of drug-likeness (QED) is 0.567. The van der Waals surface area contributed by atoms with Crippen LogP contribution in [0.5, 0.6) is 11.5 Å². The van der Waals surface area contributed by atoms with Crippen LogP contribution in [0.2, 0.25) is 0 Å². The molecule has 2 N–H and O–H groups in total. The van der Waals surface area contributed by atoms with Gasteiger partial charge in [-0.05, 0) is 55.2 Å². The highest BCUT2D eigenvalue weighted by Crippen LogP contribution is 2.32. The molecule has 0 bridgehead atoms. The molecule has 0 aromatic heterocycles. The number of nitrogens with one attached hydrogen (secondary N) is 2. The van der Waals surface area contributed by atoms with Crippen molar-refractivity contribution < 1.29 is 14.3 Å². The summed E-state index contributed by atoms with van der Waals surface area (Å²) in [5.41, 5.74) is 3.18. The summed E-state index contributed by atoms with van der Waals surface area (Å²) < 4.78 is 10.8. The fourth-order valence-corrected chi connectivity index (χ4v) is 3.61. The Bertz CT molecular complexity index is 911. The number of fused-ring (bicyclic) bond motifs is 1. The van der Waals surface area contributed by atoms with E-state index < -0.39 is 0 Å². The molecule has 0 aliphatic carbocycles. The molecule has 4 rings (SSSR count). The van der Waals surface area contributed by atoms with Crippen molar-refractivity contribution in [3.8, 4) is 11.5 Å². The lowest BCUT2D eigenvalue weighted by molar-refractivity contribution is -0.119. The third kappa shape index (κ3) is 4.84. The molecule has 158 valence electrons. The van der Waals surface area contributed by atoms with Crippen LogP contribution in [0.25, 0.3) is 0 Å². The summed E-state index contributed by atoms with van der Waals surface area (Å²) in [7, 11) is 0. The van der Waals surface area contributed by atoms with E-state index in [-0.39, 0.29) is 12.7 Å². The third-order valence-electron chi connectivity index (χ3n) is 5.23. The zero-order valence-electron chi connectivity index (χ0n) is 17.3. The molecular formula is C23H28N4O3. The van der Waals surface area contributed by atoms with Gasteiger partial charge < -0.3 is 25.0 Å². The second-order valence-electron chi connectivity index (χ2n) is 7.41. The fourth-order valence-electron chi connectivity index (χ4n) is 3.61. The van der Waals surface area contributed by atoms with E-state index in [4.69, 9.17) is 9.47 Å². The first-order chi connectivity index (χ1) is 14.7. The minimum absolute atomic E-state index is 0.220. The van der Waals surface area contributed by atoms with Gasteiger partial charge in [-0.1, -0.05) is 18.2 Å². The van der Waals surface area contributed by atoms with Crippen LogP contribution in [0.4, 0.5) is 5.69 Å². The molecule has 0 radical (unpaired) electrons. The van der Waals surface area contributed by atoms with Gasteiger partial charge in [-0.15, -0.1) is 0 Å². The number of carbonyl (C=O) groups excluding carboxylic acids is 1. The van der Waals surface area contributed by atoms with Crippen molar-refractivity contribution in [2.45, 2.75) is 39.3 Å². The minimum atomic E-state index is 0.220. The topological polar surface area (TPSA) is 75.2 Å². The maximum absolute atomic E-state index is 12.1. The summed E-state index contributed by atoms with van der Waals surface area (Å²) in [6.07, 6.45) is 2.71. The van der Waals surface area contributed by atoms with E-state index in [0.29, 0.717) is 19.5 Å². The first-order valence-electron chi connectivity index (χ1n) is 10.5. The van der Waals surface area contributed by atoms with Crippen LogP contribution >= 0.6 is 0 Å². The number of amides is 1. The standard InChI is InChI=1S/C23H28N4O3/c1-2-24-23(26-15-18-8-11-20-21(13-18)30-16-29-20)25-14-17-6-9-19(10-7-17)27-12-4-3-5-22(27)28/h6-11,13H,2-5,12,14-16H2,1H3,(H2,24,25,26).